The first kappa shape index (κ1) is 14.6. The van der Waals surface area contributed by atoms with E-state index < -0.39 is 5.60 Å². The predicted molar refractivity (Wildman–Crippen MR) is 71.7 cm³/mol. The predicted octanol–water partition coefficient (Wildman–Crippen LogP) is 0.879. The molecule has 0 aromatic heterocycles. The van der Waals surface area contributed by atoms with E-state index in [9.17, 15) is 4.79 Å². The summed E-state index contributed by atoms with van der Waals surface area (Å²) in [7, 11) is 0. The van der Waals surface area contributed by atoms with Gasteiger partial charge in [0.25, 0.3) is 0 Å². The topological polar surface area (TPSA) is 62.8 Å². The fraction of sp³-hybridized carbons (Fsp3) is 0.923. The summed E-state index contributed by atoms with van der Waals surface area (Å²) in [5.41, 5.74) is 3.04. The van der Waals surface area contributed by atoms with Crippen molar-refractivity contribution in [3.8, 4) is 0 Å². The molecule has 0 aromatic carbocycles. The summed E-state index contributed by atoms with van der Waals surface area (Å²) in [6.07, 6.45) is 1.59. The zero-order valence-electron chi connectivity index (χ0n) is 12.1. The number of ether oxygens (including phenoxy) is 2. The second-order valence-corrected chi connectivity index (χ2v) is 6.24. The highest BCUT2D eigenvalue weighted by atomic mass is 16.6. The van der Waals surface area contributed by atoms with E-state index in [-0.39, 0.29) is 12.1 Å². The van der Waals surface area contributed by atoms with Gasteiger partial charge in [-0.3, -0.25) is 5.43 Å². The molecule has 6 heteroatoms. The van der Waals surface area contributed by atoms with Gasteiger partial charge in [-0.1, -0.05) is 0 Å². The normalized spacial score (nSPS) is 28.6. The summed E-state index contributed by atoms with van der Waals surface area (Å²) < 4.78 is 10.5. The Bertz CT molecular complexity index is 305. The van der Waals surface area contributed by atoms with Gasteiger partial charge in [0.15, 0.2) is 0 Å². The molecular weight excluding hydrogens is 246 g/mol. The molecule has 0 atom stereocenters. The van der Waals surface area contributed by atoms with Crippen LogP contribution in [0.1, 0.15) is 33.6 Å². The largest absolute Gasteiger partial charge is 0.444 e. The van der Waals surface area contributed by atoms with Crippen LogP contribution in [0.5, 0.6) is 0 Å². The van der Waals surface area contributed by atoms with E-state index in [4.69, 9.17) is 9.47 Å². The minimum absolute atomic E-state index is 0.230. The van der Waals surface area contributed by atoms with Crippen molar-refractivity contribution >= 4 is 6.09 Å². The molecule has 110 valence electrons. The molecule has 1 saturated carbocycles. The standard InChI is InChI=1S/C13H25N3O3/c1-13(2,3)19-12(17)14-10-8-11(9-10)15-16-4-6-18-7-5-16/h10-11,15H,4-9H2,1-3H3,(H,14,17). The minimum atomic E-state index is -0.431. The highest BCUT2D eigenvalue weighted by Crippen LogP contribution is 2.21. The molecule has 0 aromatic rings. The smallest absolute Gasteiger partial charge is 0.407 e. The molecule has 1 saturated heterocycles. The molecule has 1 amide bonds. The Morgan fingerprint density at radius 2 is 1.84 bits per heavy atom. The van der Waals surface area contributed by atoms with Crippen molar-refractivity contribution < 1.29 is 14.3 Å². The third kappa shape index (κ3) is 4.97. The van der Waals surface area contributed by atoms with Gasteiger partial charge in [-0.25, -0.2) is 9.80 Å². The Labute approximate surface area is 114 Å². The summed E-state index contributed by atoms with van der Waals surface area (Å²) in [5.74, 6) is 0. The molecule has 0 bridgehead atoms. The van der Waals surface area contributed by atoms with Crippen LogP contribution in [0.3, 0.4) is 0 Å². The molecule has 0 unspecified atom stereocenters. The van der Waals surface area contributed by atoms with Gasteiger partial charge in [-0.05, 0) is 33.6 Å². The second kappa shape index (κ2) is 6.07. The molecule has 1 heterocycles. The maximum Gasteiger partial charge on any atom is 0.407 e. The zero-order valence-corrected chi connectivity index (χ0v) is 12.1. The van der Waals surface area contributed by atoms with Gasteiger partial charge in [0.05, 0.1) is 13.2 Å². The van der Waals surface area contributed by atoms with Crippen LogP contribution >= 0.6 is 0 Å². The number of alkyl carbamates (subject to hydrolysis) is 1. The lowest BCUT2D eigenvalue weighted by molar-refractivity contribution is -0.00858. The number of hydrazine groups is 1. The van der Waals surface area contributed by atoms with E-state index in [1.807, 2.05) is 20.8 Å². The van der Waals surface area contributed by atoms with E-state index in [2.05, 4.69) is 15.8 Å². The van der Waals surface area contributed by atoms with Crippen LogP contribution in [-0.4, -0.2) is 55.1 Å². The van der Waals surface area contributed by atoms with Gasteiger partial charge >= 0.3 is 6.09 Å². The SMILES string of the molecule is CC(C)(C)OC(=O)NC1CC(NN2CCOCC2)C1. The summed E-state index contributed by atoms with van der Waals surface area (Å²) >= 11 is 0. The van der Waals surface area contributed by atoms with Gasteiger partial charge < -0.3 is 14.8 Å². The quantitative estimate of drug-likeness (QED) is 0.798. The van der Waals surface area contributed by atoms with E-state index in [1.165, 1.54) is 0 Å². The van der Waals surface area contributed by atoms with Crippen LogP contribution in [0, 0.1) is 0 Å². The highest BCUT2D eigenvalue weighted by molar-refractivity contribution is 5.68. The molecule has 2 rings (SSSR count). The van der Waals surface area contributed by atoms with Gasteiger partial charge in [-0.15, -0.1) is 0 Å². The Balaban J connectivity index is 1.59. The van der Waals surface area contributed by atoms with Crippen molar-refractivity contribution in [2.75, 3.05) is 26.3 Å². The van der Waals surface area contributed by atoms with Crippen LogP contribution in [-0.2, 0) is 9.47 Å². The zero-order chi connectivity index (χ0) is 13.9. The molecule has 6 nitrogen and oxygen atoms in total. The van der Waals surface area contributed by atoms with Gasteiger partial charge in [0.1, 0.15) is 5.60 Å². The molecule has 2 aliphatic rings. The Morgan fingerprint density at radius 1 is 1.21 bits per heavy atom. The fourth-order valence-electron chi connectivity index (χ4n) is 2.27. The average Bonchev–Trinajstić information content (AvgIpc) is 2.25. The number of carbonyl (C=O) groups is 1. The molecular formula is C13H25N3O3. The number of morpholine rings is 1. The Hall–Kier alpha value is -0.850. The average molecular weight is 271 g/mol. The molecule has 0 spiro atoms. The van der Waals surface area contributed by atoms with Gasteiger partial charge in [0, 0.05) is 25.2 Å². The van der Waals surface area contributed by atoms with Crippen LogP contribution in [0.2, 0.25) is 0 Å². The lowest BCUT2D eigenvalue weighted by Gasteiger charge is -2.40. The van der Waals surface area contributed by atoms with Gasteiger partial charge in [0.2, 0.25) is 0 Å². The Morgan fingerprint density at radius 3 is 2.42 bits per heavy atom. The molecule has 1 aliphatic carbocycles. The number of hydrogen-bond acceptors (Lipinski definition) is 5. The number of rotatable bonds is 3. The third-order valence-corrected chi connectivity index (χ3v) is 3.24. The van der Waals surface area contributed by atoms with Crippen LogP contribution in [0.15, 0.2) is 0 Å². The summed E-state index contributed by atoms with van der Waals surface area (Å²) in [5, 5.41) is 5.10. The molecule has 19 heavy (non-hydrogen) atoms. The Kier molecular flexibility index (Phi) is 4.65. The fourth-order valence-corrected chi connectivity index (χ4v) is 2.27. The van der Waals surface area contributed by atoms with E-state index in [0.717, 1.165) is 39.1 Å². The van der Waals surface area contributed by atoms with Crippen molar-refractivity contribution in [1.29, 1.82) is 0 Å². The van der Waals surface area contributed by atoms with Gasteiger partial charge in [-0.2, -0.15) is 0 Å². The molecule has 2 N–H and O–H groups in total. The van der Waals surface area contributed by atoms with Crippen molar-refractivity contribution in [1.82, 2.24) is 15.8 Å². The van der Waals surface area contributed by atoms with E-state index >= 15 is 0 Å². The number of hydrogen-bond donors (Lipinski definition) is 2. The third-order valence-electron chi connectivity index (χ3n) is 3.24. The summed E-state index contributed by atoms with van der Waals surface area (Å²) in [4.78, 5) is 11.6. The lowest BCUT2D eigenvalue weighted by Crippen LogP contribution is -2.58. The van der Waals surface area contributed by atoms with Crippen molar-refractivity contribution in [2.24, 2.45) is 0 Å². The minimum Gasteiger partial charge on any atom is -0.444 e. The summed E-state index contributed by atoms with van der Waals surface area (Å²) in [6, 6.07) is 0.687. The molecule has 2 fully saturated rings. The maximum atomic E-state index is 11.6. The second-order valence-electron chi connectivity index (χ2n) is 6.24. The number of amides is 1. The number of nitrogens with one attached hydrogen (secondary N) is 2. The van der Waals surface area contributed by atoms with Crippen molar-refractivity contribution in [3.63, 3.8) is 0 Å². The first-order valence-electron chi connectivity index (χ1n) is 7.01. The monoisotopic (exact) mass is 271 g/mol. The van der Waals surface area contributed by atoms with Crippen molar-refractivity contribution in [2.45, 2.75) is 51.3 Å². The lowest BCUT2D eigenvalue weighted by atomic mass is 9.87. The number of carbonyl (C=O) groups excluding carboxylic acids is 1. The first-order chi connectivity index (χ1) is 8.92. The van der Waals surface area contributed by atoms with Crippen LogP contribution < -0.4 is 10.7 Å². The molecule has 1 aliphatic heterocycles. The van der Waals surface area contributed by atoms with E-state index in [1.54, 1.807) is 0 Å². The first-order valence-corrected chi connectivity index (χ1v) is 7.01. The van der Waals surface area contributed by atoms with E-state index in [0.29, 0.717) is 6.04 Å². The highest BCUT2D eigenvalue weighted by Gasteiger charge is 2.32. The number of nitrogens with zero attached hydrogens (tertiary/aromatic N) is 1. The van der Waals surface area contributed by atoms with Crippen LogP contribution in [0.4, 0.5) is 4.79 Å². The molecule has 0 radical (unpaired) electrons. The maximum absolute atomic E-state index is 11.6. The van der Waals surface area contributed by atoms with Crippen LogP contribution in [0.25, 0.3) is 0 Å². The summed E-state index contributed by atoms with van der Waals surface area (Å²) in [6.45, 7) is 9.06. The van der Waals surface area contributed by atoms with Crippen molar-refractivity contribution in [3.05, 3.63) is 0 Å².